The van der Waals surface area contributed by atoms with Crippen LogP contribution in [0, 0.1) is 0 Å². The number of hydrogen-bond acceptors (Lipinski definition) is 3. The molecule has 0 aliphatic carbocycles. The molecule has 0 radical (unpaired) electrons. The van der Waals surface area contributed by atoms with E-state index in [1.807, 2.05) is 32.0 Å². The lowest BCUT2D eigenvalue weighted by Gasteiger charge is -2.18. The van der Waals surface area contributed by atoms with Crippen molar-refractivity contribution in [3.63, 3.8) is 0 Å². The van der Waals surface area contributed by atoms with Crippen molar-refractivity contribution in [3.05, 3.63) is 70.8 Å². The van der Waals surface area contributed by atoms with E-state index < -0.39 is 5.79 Å². The van der Waals surface area contributed by atoms with Gasteiger partial charge in [0.25, 0.3) is 0 Å². The van der Waals surface area contributed by atoms with Gasteiger partial charge in [0.05, 0.1) is 19.8 Å². The molecule has 4 rings (SSSR count). The van der Waals surface area contributed by atoms with Crippen molar-refractivity contribution in [3.8, 4) is 0 Å². The van der Waals surface area contributed by atoms with Crippen molar-refractivity contribution >= 4 is 26.8 Å². The van der Waals surface area contributed by atoms with Crippen molar-refractivity contribution in [2.45, 2.75) is 45.0 Å². The fourth-order valence-electron chi connectivity index (χ4n) is 3.61. The predicted molar refractivity (Wildman–Crippen MR) is 110 cm³/mol. The number of halogens is 1. The third-order valence-corrected chi connectivity index (χ3v) is 5.51. The highest BCUT2D eigenvalue weighted by Gasteiger charge is 2.41. The van der Waals surface area contributed by atoms with E-state index in [0.29, 0.717) is 13.2 Å². The molecule has 3 aromatic rings. The van der Waals surface area contributed by atoms with Crippen LogP contribution >= 0.6 is 15.9 Å². The van der Waals surface area contributed by atoms with Gasteiger partial charge in [-0.1, -0.05) is 52.3 Å². The maximum atomic E-state index is 6.18. The molecule has 142 valence electrons. The molecule has 2 aromatic carbocycles. The van der Waals surface area contributed by atoms with Crippen LogP contribution in [0.25, 0.3) is 10.9 Å². The van der Waals surface area contributed by atoms with Crippen LogP contribution in [0.3, 0.4) is 0 Å². The monoisotopic (exact) mass is 429 g/mol. The summed E-state index contributed by atoms with van der Waals surface area (Å²) < 4.78 is 21.6. The van der Waals surface area contributed by atoms with Crippen LogP contribution < -0.4 is 0 Å². The second kappa shape index (κ2) is 7.76. The molecule has 0 N–H and O–H groups in total. The molecule has 1 aliphatic heterocycles. The first-order chi connectivity index (χ1) is 13.0. The van der Waals surface area contributed by atoms with Gasteiger partial charge in [0.15, 0.2) is 5.79 Å². The number of nitrogens with zero attached hydrogens (tertiary/aromatic N) is 1. The van der Waals surface area contributed by atoms with Crippen LogP contribution in [0.5, 0.6) is 0 Å². The molecular weight excluding hydrogens is 406 g/mol. The Labute approximate surface area is 168 Å². The first-order valence-corrected chi connectivity index (χ1v) is 10.0. The fraction of sp³-hybridized carbons (Fsp3) is 0.364. The van der Waals surface area contributed by atoms with Crippen LogP contribution in [-0.4, -0.2) is 29.2 Å². The van der Waals surface area contributed by atoms with Crippen molar-refractivity contribution in [2.24, 2.45) is 0 Å². The molecule has 0 amide bonds. The standard InChI is InChI=1S/C22H24BrNO3/c1-22(2)26-20(13-24-12-11-17-18(23)9-6-10-19(17)24)21(27-22)15-25-14-16-7-4-3-5-8-16/h3-12,20-21H,13-15H2,1-2H3/t20-,21-/m0/s1. The molecule has 2 atom stereocenters. The zero-order valence-electron chi connectivity index (χ0n) is 15.6. The van der Waals surface area contributed by atoms with E-state index in [0.717, 1.165) is 16.6 Å². The van der Waals surface area contributed by atoms with Gasteiger partial charge in [-0.3, -0.25) is 0 Å². The van der Waals surface area contributed by atoms with Crippen molar-refractivity contribution < 1.29 is 14.2 Å². The Morgan fingerprint density at radius 2 is 1.78 bits per heavy atom. The Morgan fingerprint density at radius 1 is 1.00 bits per heavy atom. The highest BCUT2D eigenvalue weighted by molar-refractivity contribution is 9.10. The van der Waals surface area contributed by atoms with Gasteiger partial charge in [-0.05, 0) is 37.6 Å². The Morgan fingerprint density at radius 3 is 2.59 bits per heavy atom. The molecule has 27 heavy (non-hydrogen) atoms. The topological polar surface area (TPSA) is 32.6 Å². The molecule has 0 bridgehead atoms. The van der Waals surface area contributed by atoms with E-state index >= 15 is 0 Å². The van der Waals surface area contributed by atoms with Crippen LogP contribution in [0.4, 0.5) is 0 Å². The Kier molecular flexibility index (Phi) is 5.37. The van der Waals surface area contributed by atoms with Crippen LogP contribution in [0.2, 0.25) is 0 Å². The van der Waals surface area contributed by atoms with Gasteiger partial charge in [-0.25, -0.2) is 0 Å². The molecule has 4 nitrogen and oxygen atoms in total. The maximum Gasteiger partial charge on any atom is 0.163 e. The SMILES string of the molecule is CC1(C)O[C@@H](COCc2ccccc2)[C@H](Cn2ccc3c(Br)cccc32)O1. The lowest BCUT2D eigenvalue weighted by atomic mass is 10.2. The quantitative estimate of drug-likeness (QED) is 0.543. The second-order valence-electron chi connectivity index (χ2n) is 7.35. The van der Waals surface area contributed by atoms with Crippen molar-refractivity contribution in [1.29, 1.82) is 0 Å². The molecule has 1 fully saturated rings. The molecule has 2 heterocycles. The van der Waals surface area contributed by atoms with Gasteiger partial charge in [0.2, 0.25) is 0 Å². The highest BCUT2D eigenvalue weighted by atomic mass is 79.9. The molecule has 0 spiro atoms. The molecular formula is C22H24BrNO3. The summed E-state index contributed by atoms with van der Waals surface area (Å²) in [6.45, 7) is 5.73. The number of rotatable bonds is 6. The van der Waals surface area contributed by atoms with Gasteiger partial charge >= 0.3 is 0 Å². The molecule has 0 unspecified atom stereocenters. The molecule has 1 aliphatic rings. The minimum atomic E-state index is -0.602. The van der Waals surface area contributed by atoms with Crippen LogP contribution in [0.1, 0.15) is 19.4 Å². The van der Waals surface area contributed by atoms with Crippen LogP contribution in [-0.2, 0) is 27.4 Å². The number of ether oxygens (including phenoxy) is 3. The average Bonchev–Trinajstić information content (AvgIpc) is 3.18. The summed E-state index contributed by atoms with van der Waals surface area (Å²) in [5.41, 5.74) is 2.34. The summed E-state index contributed by atoms with van der Waals surface area (Å²) in [6, 6.07) is 18.6. The molecule has 5 heteroatoms. The van der Waals surface area contributed by atoms with Gasteiger partial charge < -0.3 is 18.8 Å². The second-order valence-corrected chi connectivity index (χ2v) is 8.21. The molecule has 0 saturated carbocycles. The zero-order valence-corrected chi connectivity index (χ0v) is 17.2. The van der Waals surface area contributed by atoms with Gasteiger partial charge in [-0.15, -0.1) is 0 Å². The van der Waals surface area contributed by atoms with E-state index in [1.165, 1.54) is 10.9 Å². The average molecular weight is 430 g/mol. The summed E-state index contributed by atoms with van der Waals surface area (Å²) in [4.78, 5) is 0. The minimum Gasteiger partial charge on any atom is -0.374 e. The fourth-order valence-corrected chi connectivity index (χ4v) is 4.10. The predicted octanol–water partition coefficient (Wildman–Crippen LogP) is 5.14. The van der Waals surface area contributed by atoms with Crippen molar-refractivity contribution in [2.75, 3.05) is 6.61 Å². The number of aromatic nitrogens is 1. The Balaban J connectivity index is 1.45. The molecule has 1 saturated heterocycles. The smallest absolute Gasteiger partial charge is 0.163 e. The molecule has 1 aromatic heterocycles. The van der Waals surface area contributed by atoms with E-state index in [1.54, 1.807) is 0 Å². The van der Waals surface area contributed by atoms with Gasteiger partial charge in [0, 0.05) is 21.6 Å². The number of fused-ring (bicyclic) bond motifs is 1. The van der Waals surface area contributed by atoms with E-state index in [9.17, 15) is 0 Å². The lowest BCUT2D eigenvalue weighted by molar-refractivity contribution is -0.151. The third-order valence-electron chi connectivity index (χ3n) is 4.82. The first-order valence-electron chi connectivity index (χ1n) is 9.22. The summed E-state index contributed by atoms with van der Waals surface area (Å²) in [6.07, 6.45) is 1.94. The third kappa shape index (κ3) is 4.27. The largest absolute Gasteiger partial charge is 0.374 e. The minimum absolute atomic E-state index is 0.0645. The summed E-state index contributed by atoms with van der Waals surface area (Å²) in [5, 5.41) is 1.20. The van der Waals surface area contributed by atoms with Crippen molar-refractivity contribution in [1.82, 2.24) is 4.57 Å². The van der Waals surface area contributed by atoms with E-state index in [2.05, 4.69) is 63.1 Å². The summed E-state index contributed by atoms with van der Waals surface area (Å²) in [7, 11) is 0. The Hall–Kier alpha value is -1.66. The Bertz CT molecular complexity index is 906. The van der Waals surface area contributed by atoms with E-state index in [4.69, 9.17) is 14.2 Å². The van der Waals surface area contributed by atoms with Gasteiger partial charge in [0.1, 0.15) is 12.2 Å². The highest BCUT2D eigenvalue weighted by Crippen LogP contribution is 2.31. The van der Waals surface area contributed by atoms with Gasteiger partial charge in [-0.2, -0.15) is 0 Å². The maximum absolute atomic E-state index is 6.18. The number of hydrogen-bond donors (Lipinski definition) is 0. The lowest BCUT2D eigenvalue weighted by Crippen LogP contribution is -2.31. The summed E-state index contributed by atoms with van der Waals surface area (Å²) in [5.74, 6) is -0.602. The first kappa shape index (κ1) is 18.7. The summed E-state index contributed by atoms with van der Waals surface area (Å²) >= 11 is 3.62. The number of benzene rings is 2. The van der Waals surface area contributed by atoms with Crippen LogP contribution in [0.15, 0.2) is 65.3 Å². The normalized spacial score (nSPS) is 21.7. The van der Waals surface area contributed by atoms with E-state index in [-0.39, 0.29) is 12.2 Å². The zero-order chi connectivity index (χ0) is 18.9.